The van der Waals surface area contributed by atoms with E-state index < -0.39 is 5.60 Å². The largest absolute Gasteiger partial charge is 0.444 e. The Hall–Kier alpha value is -0.770. The Labute approximate surface area is 103 Å². The third kappa shape index (κ3) is 2.57. The number of hydrogen-bond donors (Lipinski definition) is 1. The van der Waals surface area contributed by atoms with Crippen LogP contribution >= 0.6 is 0 Å². The standard InChI is InChI=1S/C13H23NO3/c1-13(2,3)17-12(16)14-10-5-4-9(8-15)11(14)7-6-10/h9-11,15H,4-8H2,1-3H3/t9?,10-,11?/m1/s1. The highest BCUT2D eigenvalue weighted by atomic mass is 16.6. The zero-order valence-electron chi connectivity index (χ0n) is 11.0. The number of aliphatic hydroxyl groups excluding tert-OH is 1. The maximum atomic E-state index is 12.2. The summed E-state index contributed by atoms with van der Waals surface area (Å²) in [7, 11) is 0. The van der Waals surface area contributed by atoms with Gasteiger partial charge in [-0.15, -0.1) is 0 Å². The van der Waals surface area contributed by atoms with Crippen molar-refractivity contribution in [1.82, 2.24) is 4.90 Å². The van der Waals surface area contributed by atoms with Crippen LogP contribution in [0.25, 0.3) is 0 Å². The van der Waals surface area contributed by atoms with Crippen LogP contribution in [0.1, 0.15) is 46.5 Å². The molecular formula is C13H23NO3. The van der Waals surface area contributed by atoms with Gasteiger partial charge in [-0.1, -0.05) is 0 Å². The van der Waals surface area contributed by atoms with E-state index >= 15 is 0 Å². The van der Waals surface area contributed by atoms with E-state index in [1.54, 1.807) is 0 Å². The predicted octanol–water partition coefficient (Wildman–Crippen LogP) is 2.16. The molecule has 2 aliphatic rings. The molecule has 2 fully saturated rings. The quantitative estimate of drug-likeness (QED) is 0.765. The van der Waals surface area contributed by atoms with Gasteiger partial charge in [0.05, 0.1) is 0 Å². The lowest BCUT2D eigenvalue weighted by molar-refractivity contribution is -0.00717. The molecular weight excluding hydrogens is 218 g/mol. The summed E-state index contributed by atoms with van der Waals surface area (Å²) < 4.78 is 5.46. The highest BCUT2D eigenvalue weighted by Gasteiger charge is 2.45. The second-order valence-corrected chi connectivity index (χ2v) is 6.21. The van der Waals surface area contributed by atoms with Crippen LogP contribution < -0.4 is 0 Å². The van der Waals surface area contributed by atoms with Crippen LogP contribution in [-0.2, 0) is 4.74 Å². The van der Waals surface area contributed by atoms with Crippen molar-refractivity contribution in [3.63, 3.8) is 0 Å². The minimum absolute atomic E-state index is 0.177. The van der Waals surface area contributed by atoms with Crippen LogP contribution in [0, 0.1) is 5.92 Å². The molecule has 0 aromatic heterocycles. The molecule has 0 spiro atoms. The molecule has 17 heavy (non-hydrogen) atoms. The van der Waals surface area contributed by atoms with E-state index in [9.17, 15) is 9.90 Å². The van der Waals surface area contributed by atoms with E-state index in [2.05, 4.69) is 0 Å². The van der Waals surface area contributed by atoms with Crippen LogP contribution in [0.15, 0.2) is 0 Å². The summed E-state index contributed by atoms with van der Waals surface area (Å²) in [6.45, 7) is 5.84. The molecule has 2 unspecified atom stereocenters. The molecule has 0 saturated carbocycles. The van der Waals surface area contributed by atoms with Crippen LogP contribution in [0.3, 0.4) is 0 Å². The van der Waals surface area contributed by atoms with E-state index in [-0.39, 0.29) is 24.7 Å². The van der Waals surface area contributed by atoms with Crippen molar-refractivity contribution in [2.45, 2.75) is 64.1 Å². The fourth-order valence-corrected chi connectivity index (χ4v) is 3.07. The van der Waals surface area contributed by atoms with Gasteiger partial charge in [0.25, 0.3) is 0 Å². The number of aliphatic hydroxyl groups is 1. The molecule has 2 bridgehead atoms. The molecule has 1 N–H and O–H groups in total. The molecule has 2 rings (SSSR count). The number of amides is 1. The number of nitrogens with zero attached hydrogens (tertiary/aromatic N) is 1. The fourth-order valence-electron chi connectivity index (χ4n) is 3.07. The Morgan fingerprint density at radius 1 is 1.29 bits per heavy atom. The van der Waals surface area contributed by atoms with Crippen molar-refractivity contribution < 1.29 is 14.6 Å². The molecule has 4 heteroatoms. The van der Waals surface area contributed by atoms with Crippen LogP contribution in [0.2, 0.25) is 0 Å². The van der Waals surface area contributed by atoms with E-state index in [1.165, 1.54) is 0 Å². The van der Waals surface area contributed by atoms with Crippen molar-refractivity contribution >= 4 is 6.09 Å². The molecule has 98 valence electrons. The Morgan fingerprint density at radius 3 is 2.53 bits per heavy atom. The number of hydrogen-bond acceptors (Lipinski definition) is 3. The molecule has 4 nitrogen and oxygen atoms in total. The Kier molecular flexibility index (Phi) is 3.34. The first-order chi connectivity index (χ1) is 7.92. The molecule has 0 radical (unpaired) electrons. The lowest BCUT2D eigenvalue weighted by Crippen LogP contribution is -2.50. The van der Waals surface area contributed by atoms with E-state index in [0.29, 0.717) is 6.04 Å². The van der Waals surface area contributed by atoms with Crippen LogP contribution in [0.4, 0.5) is 4.79 Å². The topological polar surface area (TPSA) is 49.8 Å². The van der Waals surface area contributed by atoms with Gasteiger partial charge < -0.3 is 14.7 Å². The van der Waals surface area contributed by atoms with Gasteiger partial charge in [-0.3, -0.25) is 0 Å². The number of fused-ring (bicyclic) bond motifs is 2. The Bertz CT molecular complexity index is 298. The zero-order chi connectivity index (χ0) is 12.6. The highest BCUT2D eigenvalue weighted by Crippen LogP contribution is 2.39. The maximum absolute atomic E-state index is 12.2. The van der Waals surface area contributed by atoms with Crippen molar-refractivity contribution in [3.05, 3.63) is 0 Å². The summed E-state index contributed by atoms with van der Waals surface area (Å²) >= 11 is 0. The van der Waals surface area contributed by atoms with Gasteiger partial charge in [0.15, 0.2) is 0 Å². The number of piperidine rings is 1. The van der Waals surface area contributed by atoms with Gasteiger partial charge >= 0.3 is 6.09 Å². The number of ether oxygens (including phenoxy) is 1. The van der Waals surface area contributed by atoms with Crippen molar-refractivity contribution in [2.24, 2.45) is 5.92 Å². The van der Waals surface area contributed by atoms with Gasteiger partial charge in [-0.05, 0) is 46.5 Å². The molecule has 2 saturated heterocycles. The van der Waals surface area contributed by atoms with Gasteiger partial charge in [0.2, 0.25) is 0 Å². The number of rotatable bonds is 1. The van der Waals surface area contributed by atoms with E-state index in [1.807, 2.05) is 25.7 Å². The Balaban J connectivity index is 2.07. The van der Waals surface area contributed by atoms with Gasteiger partial charge in [-0.25, -0.2) is 4.79 Å². The minimum atomic E-state index is -0.442. The Morgan fingerprint density at radius 2 is 1.94 bits per heavy atom. The maximum Gasteiger partial charge on any atom is 0.410 e. The first-order valence-electron chi connectivity index (χ1n) is 6.54. The second kappa shape index (κ2) is 4.48. The highest BCUT2D eigenvalue weighted by molar-refractivity contribution is 5.69. The van der Waals surface area contributed by atoms with E-state index in [0.717, 1.165) is 25.7 Å². The van der Waals surface area contributed by atoms with Crippen molar-refractivity contribution in [3.8, 4) is 0 Å². The summed E-state index contributed by atoms with van der Waals surface area (Å²) in [6.07, 6.45) is 3.89. The smallest absolute Gasteiger partial charge is 0.410 e. The third-order valence-corrected chi connectivity index (χ3v) is 3.80. The molecule has 2 aliphatic heterocycles. The molecule has 2 heterocycles. The summed E-state index contributed by atoms with van der Waals surface area (Å²) in [6, 6.07) is 0.520. The first kappa shape index (κ1) is 12.7. The fraction of sp³-hybridized carbons (Fsp3) is 0.923. The second-order valence-electron chi connectivity index (χ2n) is 6.21. The van der Waals surface area contributed by atoms with Gasteiger partial charge in [0, 0.05) is 24.6 Å². The summed E-state index contributed by atoms with van der Waals surface area (Å²) in [5.74, 6) is 0.237. The summed E-state index contributed by atoms with van der Waals surface area (Å²) in [5.41, 5.74) is -0.442. The zero-order valence-corrected chi connectivity index (χ0v) is 11.0. The SMILES string of the molecule is CC(C)(C)OC(=O)N1C2CC[C@H]1CCC2CO. The van der Waals surface area contributed by atoms with Crippen LogP contribution in [0.5, 0.6) is 0 Å². The van der Waals surface area contributed by atoms with Crippen LogP contribution in [-0.4, -0.2) is 40.4 Å². The monoisotopic (exact) mass is 241 g/mol. The normalized spacial score (nSPS) is 32.7. The molecule has 0 aromatic rings. The molecule has 3 atom stereocenters. The molecule has 0 aliphatic carbocycles. The van der Waals surface area contributed by atoms with E-state index in [4.69, 9.17) is 4.74 Å². The van der Waals surface area contributed by atoms with Gasteiger partial charge in [0.1, 0.15) is 5.60 Å². The average molecular weight is 241 g/mol. The third-order valence-electron chi connectivity index (χ3n) is 3.80. The number of carbonyl (C=O) groups is 1. The summed E-state index contributed by atoms with van der Waals surface area (Å²) in [4.78, 5) is 14.0. The molecule has 1 amide bonds. The summed E-state index contributed by atoms with van der Waals surface area (Å²) in [5, 5.41) is 9.36. The van der Waals surface area contributed by atoms with Gasteiger partial charge in [-0.2, -0.15) is 0 Å². The first-order valence-corrected chi connectivity index (χ1v) is 6.54. The molecule has 0 aromatic carbocycles. The number of carbonyl (C=O) groups excluding carboxylic acids is 1. The van der Waals surface area contributed by atoms with Crippen molar-refractivity contribution in [1.29, 1.82) is 0 Å². The van der Waals surface area contributed by atoms with Crippen molar-refractivity contribution in [2.75, 3.05) is 6.61 Å². The average Bonchev–Trinajstić information content (AvgIpc) is 2.52. The lowest BCUT2D eigenvalue weighted by Gasteiger charge is -2.39. The predicted molar refractivity (Wildman–Crippen MR) is 64.7 cm³/mol. The lowest BCUT2D eigenvalue weighted by atomic mass is 9.91. The minimum Gasteiger partial charge on any atom is -0.444 e.